The molecule has 0 spiro atoms. The molecule has 0 aliphatic rings. The minimum Gasteiger partial charge on any atom is -0.435 e. The Kier molecular flexibility index (Phi) is 5.62. The highest BCUT2D eigenvalue weighted by Gasteiger charge is 2.19. The van der Waals surface area contributed by atoms with Gasteiger partial charge in [0.05, 0.1) is 6.04 Å². The summed E-state index contributed by atoms with van der Waals surface area (Å²) in [4.78, 5) is 16.5. The van der Waals surface area contributed by atoms with Gasteiger partial charge in [0.25, 0.3) is 5.91 Å². The van der Waals surface area contributed by atoms with E-state index in [1.165, 1.54) is 18.2 Å². The molecule has 2 aromatic rings. The van der Waals surface area contributed by atoms with Crippen LogP contribution in [0.3, 0.4) is 0 Å². The number of rotatable bonds is 6. The first-order valence-corrected chi connectivity index (χ1v) is 7.23. The highest BCUT2D eigenvalue weighted by atomic mass is 19.3. The predicted molar refractivity (Wildman–Crippen MR) is 82.4 cm³/mol. The van der Waals surface area contributed by atoms with Crippen LogP contribution >= 0.6 is 0 Å². The summed E-state index contributed by atoms with van der Waals surface area (Å²) in [6.07, 6.45) is 3.36. The van der Waals surface area contributed by atoms with Crippen molar-refractivity contribution < 1.29 is 18.3 Å². The van der Waals surface area contributed by atoms with Gasteiger partial charge in [-0.3, -0.25) is 9.78 Å². The first-order valence-electron chi connectivity index (χ1n) is 7.23. The smallest absolute Gasteiger partial charge is 0.387 e. The number of halogens is 2. The maximum absolute atomic E-state index is 12.4. The summed E-state index contributed by atoms with van der Waals surface area (Å²) in [6.45, 7) is 1.04. The molecule has 0 aliphatic heterocycles. The number of ether oxygens (including phenoxy) is 1. The molecule has 1 amide bonds. The molecule has 0 bridgehead atoms. The van der Waals surface area contributed by atoms with Crippen LogP contribution < -0.4 is 10.1 Å². The number of benzene rings is 1. The number of carbonyl (C=O) groups excluding carboxylic acids is 1. The molecular formula is C17H18F2N2O2. The third-order valence-corrected chi connectivity index (χ3v) is 3.32. The van der Waals surface area contributed by atoms with E-state index in [1.807, 2.05) is 19.9 Å². The molecular weight excluding hydrogens is 302 g/mol. The van der Waals surface area contributed by atoms with Crippen LogP contribution in [0, 0.1) is 5.92 Å². The predicted octanol–water partition coefficient (Wildman–Crippen LogP) is 3.81. The van der Waals surface area contributed by atoms with Crippen LogP contribution in [0.2, 0.25) is 0 Å². The number of nitrogens with zero attached hydrogens (tertiary/aromatic N) is 1. The molecule has 1 unspecified atom stereocenters. The van der Waals surface area contributed by atoms with E-state index < -0.39 is 6.61 Å². The van der Waals surface area contributed by atoms with E-state index in [2.05, 4.69) is 15.0 Å². The van der Waals surface area contributed by atoms with Gasteiger partial charge in [-0.1, -0.05) is 26.0 Å². The molecule has 1 N–H and O–H groups in total. The molecule has 2 rings (SSSR count). The molecule has 1 aromatic carbocycles. The van der Waals surface area contributed by atoms with Crippen molar-refractivity contribution >= 4 is 5.91 Å². The fourth-order valence-corrected chi connectivity index (χ4v) is 2.23. The highest BCUT2D eigenvalue weighted by molar-refractivity contribution is 5.94. The van der Waals surface area contributed by atoms with Crippen LogP contribution in [0.4, 0.5) is 8.78 Å². The maximum Gasteiger partial charge on any atom is 0.387 e. The van der Waals surface area contributed by atoms with E-state index in [0.29, 0.717) is 0 Å². The fourth-order valence-electron chi connectivity index (χ4n) is 2.23. The topological polar surface area (TPSA) is 51.2 Å². The molecule has 0 fully saturated rings. The molecule has 4 nitrogen and oxygen atoms in total. The van der Waals surface area contributed by atoms with Crippen LogP contribution in [0.1, 0.15) is 35.8 Å². The zero-order chi connectivity index (χ0) is 16.8. The molecule has 23 heavy (non-hydrogen) atoms. The lowest BCUT2D eigenvalue weighted by molar-refractivity contribution is -0.0498. The first kappa shape index (κ1) is 16.9. The van der Waals surface area contributed by atoms with Crippen LogP contribution in [-0.4, -0.2) is 17.5 Å². The zero-order valence-electron chi connectivity index (χ0n) is 12.9. The van der Waals surface area contributed by atoms with Crippen molar-refractivity contribution in [1.82, 2.24) is 10.3 Å². The second-order valence-corrected chi connectivity index (χ2v) is 5.39. The number of hydrogen-bond acceptors (Lipinski definition) is 3. The van der Waals surface area contributed by atoms with E-state index in [1.54, 1.807) is 24.5 Å². The highest BCUT2D eigenvalue weighted by Crippen LogP contribution is 2.22. The van der Waals surface area contributed by atoms with Crippen molar-refractivity contribution in [2.24, 2.45) is 5.92 Å². The van der Waals surface area contributed by atoms with Crippen molar-refractivity contribution in [3.8, 4) is 5.75 Å². The fraction of sp³-hybridized carbons (Fsp3) is 0.294. The molecule has 1 heterocycles. The molecule has 0 aliphatic carbocycles. The lowest BCUT2D eigenvalue weighted by atomic mass is 9.97. The molecule has 122 valence electrons. The van der Waals surface area contributed by atoms with Gasteiger partial charge >= 0.3 is 6.61 Å². The van der Waals surface area contributed by atoms with Crippen LogP contribution in [0.15, 0.2) is 48.8 Å². The number of hydrogen-bond donors (Lipinski definition) is 1. The Labute approximate surface area is 133 Å². The lowest BCUT2D eigenvalue weighted by Crippen LogP contribution is -2.31. The molecule has 0 radical (unpaired) electrons. The Bertz CT molecular complexity index is 648. The van der Waals surface area contributed by atoms with Crippen molar-refractivity contribution in [3.63, 3.8) is 0 Å². The van der Waals surface area contributed by atoms with Crippen molar-refractivity contribution in [2.75, 3.05) is 0 Å². The first-order chi connectivity index (χ1) is 11.0. The average Bonchev–Trinajstić information content (AvgIpc) is 2.52. The summed E-state index contributed by atoms with van der Waals surface area (Å²) in [7, 11) is 0. The van der Waals surface area contributed by atoms with Gasteiger partial charge in [0.15, 0.2) is 0 Å². The largest absolute Gasteiger partial charge is 0.435 e. The van der Waals surface area contributed by atoms with Crippen molar-refractivity contribution in [3.05, 3.63) is 59.9 Å². The van der Waals surface area contributed by atoms with E-state index in [9.17, 15) is 13.6 Å². The Hall–Kier alpha value is -2.50. The Morgan fingerprint density at radius 1 is 1.22 bits per heavy atom. The number of nitrogens with one attached hydrogen (secondary N) is 1. The van der Waals surface area contributed by atoms with Gasteiger partial charge in [-0.15, -0.1) is 0 Å². The summed E-state index contributed by atoms with van der Waals surface area (Å²) in [5.41, 5.74) is 1.15. The zero-order valence-corrected chi connectivity index (χ0v) is 12.9. The summed E-state index contributed by atoms with van der Waals surface area (Å²) in [5, 5.41) is 2.91. The average molecular weight is 320 g/mol. The van der Waals surface area contributed by atoms with Gasteiger partial charge in [0, 0.05) is 18.0 Å². The van der Waals surface area contributed by atoms with Crippen LogP contribution in [-0.2, 0) is 0 Å². The van der Waals surface area contributed by atoms with Crippen LogP contribution in [0.25, 0.3) is 0 Å². The van der Waals surface area contributed by atoms with E-state index >= 15 is 0 Å². The summed E-state index contributed by atoms with van der Waals surface area (Å²) in [5.74, 6) is -0.258. The summed E-state index contributed by atoms with van der Waals surface area (Å²) < 4.78 is 28.8. The lowest BCUT2D eigenvalue weighted by Gasteiger charge is -2.22. The number of alkyl halides is 2. The monoisotopic (exact) mass is 320 g/mol. The van der Waals surface area contributed by atoms with Gasteiger partial charge < -0.3 is 10.1 Å². The molecule has 0 saturated heterocycles. The maximum atomic E-state index is 12.4. The number of pyridine rings is 1. The second-order valence-electron chi connectivity index (χ2n) is 5.39. The Balaban J connectivity index is 2.16. The van der Waals surface area contributed by atoms with E-state index in [0.717, 1.165) is 5.56 Å². The summed E-state index contributed by atoms with van der Waals surface area (Å²) in [6, 6.07) is 9.18. The minimum absolute atomic E-state index is 0.0462. The number of aromatic nitrogens is 1. The standard InChI is InChI=1S/C17H18F2N2O2/c1-11(2)15(13-6-4-8-20-10-13)21-16(22)12-5-3-7-14(9-12)23-17(18)19/h3-11,15,17H,1-2H3,(H,21,22). The van der Waals surface area contributed by atoms with Crippen LogP contribution in [0.5, 0.6) is 5.75 Å². The van der Waals surface area contributed by atoms with Gasteiger partial charge in [-0.05, 0) is 35.7 Å². The van der Waals surface area contributed by atoms with E-state index in [4.69, 9.17) is 0 Å². The van der Waals surface area contributed by atoms with E-state index in [-0.39, 0.29) is 29.2 Å². The molecule has 1 aromatic heterocycles. The molecule has 0 saturated carbocycles. The van der Waals surface area contributed by atoms with Gasteiger partial charge in [-0.2, -0.15) is 8.78 Å². The third-order valence-electron chi connectivity index (χ3n) is 3.32. The van der Waals surface area contributed by atoms with Crippen molar-refractivity contribution in [2.45, 2.75) is 26.5 Å². The Morgan fingerprint density at radius 3 is 2.61 bits per heavy atom. The number of amides is 1. The normalized spacial score (nSPS) is 12.3. The molecule has 6 heteroatoms. The second kappa shape index (κ2) is 7.67. The number of carbonyl (C=O) groups is 1. The van der Waals surface area contributed by atoms with Gasteiger partial charge in [0.2, 0.25) is 0 Å². The van der Waals surface area contributed by atoms with Gasteiger partial charge in [-0.25, -0.2) is 0 Å². The quantitative estimate of drug-likeness (QED) is 0.880. The van der Waals surface area contributed by atoms with Gasteiger partial charge in [0.1, 0.15) is 5.75 Å². The Morgan fingerprint density at radius 2 is 2.00 bits per heavy atom. The van der Waals surface area contributed by atoms with Crippen molar-refractivity contribution in [1.29, 1.82) is 0 Å². The minimum atomic E-state index is -2.92. The summed E-state index contributed by atoms with van der Waals surface area (Å²) >= 11 is 0. The molecule has 1 atom stereocenters. The third kappa shape index (κ3) is 4.74. The SMILES string of the molecule is CC(C)C(NC(=O)c1cccc(OC(F)F)c1)c1cccnc1.